The Kier molecular flexibility index (Phi) is 2.53. The number of halogens is 2. The first kappa shape index (κ1) is 11.5. The predicted octanol–water partition coefficient (Wildman–Crippen LogP) is 3.80. The molecule has 2 heterocycles. The largest absolute Gasteiger partial charge is 0.486 e. The molecule has 1 aromatic carbocycles. The Morgan fingerprint density at radius 3 is 3.00 bits per heavy atom. The summed E-state index contributed by atoms with van der Waals surface area (Å²) >= 11 is 6.98. The van der Waals surface area contributed by atoms with Crippen molar-refractivity contribution >= 4 is 28.9 Å². The number of hydrogen-bond acceptors (Lipinski definition) is 3. The fraction of sp³-hybridized carbons (Fsp3) is 0.0833. The van der Waals surface area contributed by atoms with E-state index in [0.717, 1.165) is 21.8 Å². The molecule has 0 amide bonds. The van der Waals surface area contributed by atoms with Crippen molar-refractivity contribution in [3.8, 4) is 16.2 Å². The van der Waals surface area contributed by atoms with Gasteiger partial charge < -0.3 is 9.84 Å². The number of aromatic carboxylic acids is 1. The number of rotatable bonds is 1. The van der Waals surface area contributed by atoms with Crippen molar-refractivity contribution in [2.45, 2.75) is 6.61 Å². The van der Waals surface area contributed by atoms with Gasteiger partial charge >= 0.3 is 5.97 Å². The van der Waals surface area contributed by atoms with Gasteiger partial charge in [-0.2, -0.15) is 0 Å². The van der Waals surface area contributed by atoms with E-state index >= 15 is 0 Å². The average molecular weight is 285 g/mol. The van der Waals surface area contributed by atoms with E-state index in [9.17, 15) is 9.18 Å². The molecule has 6 heteroatoms. The number of carboxylic acids is 1. The van der Waals surface area contributed by atoms with E-state index in [-0.39, 0.29) is 22.3 Å². The molecule has 0 unspecified atom stereocenters. The van der Waals surface area contributed by atoms with E-state index < -0.39 is 11.8 Å². The van der Waals surface area contributed by atoms with Gasteiger partial charge in [0.05, 0.1) is 0 Å². The van der Waals surface area contributed by atoms with E-state index in [1.807, 2.05) is 0 Å². The molecule has 0 radical (unpaired) electrons. The number of carboxylic acid groups (broad SMARTS) is 1. The summed E-state index contributed by atoms with van der Waals surface area (Å²) in [5, 5.41) is 8.90. The number of hydrogen-bond donors (Lipinski definition) is 1. The van der Waals surface area contributed by atoms with Crippen LogP contribution in [0, 0.1) is 5.82 Å². The summed E-state index contributed by atoms with van der Waals surface area (Å²) in [6, 6.07) is 4.37. The normalized spacial score (nSPS) is 12.6. The van der Waals surface area contributed by atoms with Crippen LogP contribution in [0.5, 0.6) is 5.75 Å². The first-order valence-corrected chi connectivity index (χ1v) is 6.24. The Balaban J connectivity index is 2.23. The highest BCUT2D eigenvalue weighted by molar-refractivity contribution is 7.17. The van der Waals surface area contributed by atoms with Crippen LogP contribution in [-0.2, 0) is 6.61 Å². The molecule has 1 aliphatic heterocycles. The molecule has 1 aliphatic rings. The van der Waals surface area contributed by atoms with Gasteiger partial charge in [-0.1, -0.05) is 11.6 Å². The highest BCUT2D eigenvalue weighted by Crippen LogP contribution is 2.46. The molecule has 0 fully saturated rings. The second-order valence-electron chi connectivity index (χ2n) is 3.80. The lowest BCUT2D eigenvalue weighted by Gasteiger charge is -2.18. The number of benzene rings is 1. The monoisotopic (exact) mass is 284 g/mol. The molecule has 1 N–H and O–H groups in total. The van der Waals surface area contributed by atoms with Crippen LogP contribution >= 0.6 is 22.9 Å². The van der Waals surface area contributed by atoms with Gasteiger partial charge in [0.1, 0.15) is 28.1 Å². The summed E-state index contributed by atoms with van der Waals surface area (Å²) in [5.41, 5.74) is 1.42. The lowest BCUT2D eigenvalue weighted by atomic mass is 10.1. The Hall–Kier alpha value is -1.59. The highest BCUT2D eigenvalue weighted by Gasteiger charge is 2.25. The molecule has 92 valence electrons. The predicted molar refractivity (Wildman–Crippen MR) is 66.0 cm³/mol. The van der Waals surface area contributed by atoms with Crippen LogP contribution in [0.2, 0.25) is 5.02 Å². The van der Waals surface area contributed by atoms with Crippen LogP contribution in [0.4, 0.5) is 4.39 Å². The fourth-order valence-electron chi connectivity index (χ4n) is 1.87. The third kappa shape index (κ3) is 1.59. The van der Waals surface area contributed by atoms with Gasteiger partial charge in [-0.3, -0.25) is 0 Å². The number of ether oxygens (including phenoxy) is 1. The molecule has 2 aromatic rings. The standard InChI is InChI=1S/C12H6ClFO3S/c13-9-7(14)2-1-6-10(9)17-4-5-3-8(12(15)16)18-11(5)6/h1-3H,4H2,(H,15,16). The first-order valence-electron chi connectivity index (χ1n) is 5.05. The Bertz CT molecular complexity index is 666. The van der Waals surface area contributed by atoms with Gasteiger partial charge in [-0.05, 0) is 18.2 Å². The van der Waals surface area contributed by atoms with Crippen molar-refractivity contribution < 1.29 is 19.0 Å². The average Bonchev–Trinajstić information content (AvgIpc) is 2.77. The van der Waals surface area contributed by atoms with E-state index in [1.54, 1.807) is 12.1 Å². The molecule has 3 rings (SSSR count). The Labute approximate surface area is 110 Å². The molecular formula is C12H6ClFO3S. The first-order chi connectivity index (χ1) is 8.58. The van der Waals surface area contributed by atoms with Gasteiger partial charge in [-0.25, -0.2) is 9.18 Å². The van der Waals surface area contributed by atoms with Crippen molar-refractivity contribution in [2.24, 2.45) is 0 Å². The highest BCUT2D eigenvalue weighted by atomic mass is 35.5. The third-order valence-corrected chi connectivity index (χ3v) is 4.24. The summed E-state index contributed by atoms with van der Waals surface area (Å²) in [6.07, 6.45) is 0. The molecule has 1 aromatic heterocycles. The minimum absolute atomic E-state index is 0.0663. The zero-order valence-electron chi connectivity index (χ0n) is 8.87. The summed E-state index contributed by atoms with van der Waals surface area (Å²) in [6.45, 7) is 0.204. The zero-order valence-corrected chi connectivity index (χ0v) is 10.4. The van der Waals surface area contributed by atoms with Crippen LogP contribution in [0.25, 0.3) is 10.4 Å². The molecule has 0 aliphatic carbocycles. The van der Waals surface area contributed by atoms with E-state index in [2.05, 4.69) is 0 Å². The number of carbonyl (C=O) groups is 1. The Morgan fingerprint density at radius 1 is 1.50 bits per heavy atom. The van der Waals surface area contributed by atoms with Gasteiger partial charge in [0.2, 0.25) is 0 Å². The summed E-state index contributed by atoms with van der Waals surface area (Å²) in [7, 11) is 0. The van der Waals surface area contributed by atoms with Crippen molar-refractivity contribution in [3.05, 3.63) is 39.5 Å². The maximum atomic E-state index is 13.3. The quantitative estimate of drug-likeness (QED) is 0.866. The number of thiophene rings is 1. The van der Waals surface area contributed by atoms with Crippen LogP contribution in [0.3, 0.4) is 0 Å². The SMILES string of the molecule is O=C(O)c1cc2c(s1)-c1ccc(F)c(Cl)c1OC2. The molecule has 0 bridgehead atoms. The maximum absolute atomic E-state index is 13.3. The third-order valence-electron chi connectivity index (χ3n) is 2.69. The summed E-state index contributed by atoms with van der Waals surface area (Å²) in [5.74, 6) is -1.25. The van der Waals surface area contributed by atoms with E-state index in [1.165, 1.54) is 6.07 Å². The molecule has 0 saturated heterocycles. The second-order valence-corrected chi connectivity index (χ2v) is 5.23. The summed E-state index contributed by atoms with van der Waals surface area (Å²) < 4.78 is 18.7. The van der Waals surface area contributed by atoms with Gasteiger partial charge in [-0.15, -0.1) is 11.3 Å². The molecule has 18 heavy (non-hydrogen) atoms. The smallest absolute Gasteiger partial charge is 0.345 e. The summed E-state index contributed by atoms with van der Waals surface area (Å²) in [4.78, 5) is 11.9. The maximum Gasteiger partial charge on any atom is 0.345 e. The minimum atomic E-state index is -0.982. The Morgan fingerprint density at radius 2 is 2.28 bits per heavy atom. The second kappa shape index (κ2) is 3.96. The molecular weight excluding hydrogens is 279 g/mol. The fourth-order valence-corrected chi connectivity index (χ4v) is 3.12. The zero-order chi connectivity index (χ0) is 12.9. The van der Waals surface area contributed by atoms with E-state index in [4.69, 9.17) is 21.4 Å². The van der Waals surface area contributed by atoms with Gasteiger partial charge in [0, 0.05) is 16.0 Å². The van der Waals surface area contributed by atoms with Crippen molar-refractivity contribution in [3.63, 3.8) is 0 Å². The minimum Gasteiger partial charge on any atom is -0.486 e. The molecule has 0 spiro atoms. The van der Waals surface area contributed by atoms with Crippen LogP contribution < -0.4 is 4.74 Å². The lowest BCUT2D eigenvalue weighted by Crippen LogP contribution is -2.04. The van der Waals surface area contributed by atoms with Crippen molar-refractivity contribution in [1.29, 1.82) is 0 Å². The van der Waals surface area contributed by atoms with Crippen LogP contribution in [0.1, 0.15) is 15.2 Å². The van der Waals surface area contributed by atoms with Gasteiger partial charge in [0.15, 0.2) is 0 Å². The number of fused-ring (bicyclic) bond motifs is 3. The van der Waals surface area contributed by atoms with Crippen molar-refractivity contribution in [2.75, 3.05) is 0 Å². The van der Waals surface area contributed by atoms with Crippen LogP contribution in [-0.4, -0.2) is 11.1 Å². The van der Waals surface area contributed by atoms with Gasteiger partial charge in [0.25, 0.3) is 0 Å². The van der Waals surface area contributed by atoms with Crippen LogP contribution in [0.15, 0.2) is 18.2 Å². The van der Waals surface area contributed by atoms with Crippen molar-refractivity contribution in [1.82, 2.24) is 0 Å². The lowest BCUT2D eigenvalue weighted by molar-refractivity contribution is 0.0702. The molecule has 3 nitrogen and oxygen atoms in total. The topological polar surface area (TPSA) is 46.5 Å². The molecule has 0 saturated carbocycles. The molecule has 0 atom stereocenters. The van der Waals surface area contributed by atoms with E-state index in [0.29, 0.717) is 5.56 Å².